The molecule has 0 heterocycles. The van der Waals surface area contributed by atoms with Crippen molar-refractivity contribution in [1.82, 2.24) is 5.32 Å². The average Bonchev–Trinajstić information content (AvgIpc) is 2.23. The third kappa shape index (κ3) is 3.46. The summed E-state index contributed by atoms with van der Waals surface area (Å²) in [5, 5.41) is 12.0. The van der Waals surface area contributed by atoms with Gasteiger partial charge < -0.3 is 16.2 Å². The van der Waals surface area contributed by atoms with Gasteiger partial charge in [-0.1, -0.05) is 12.1 Å². The van der Waals surface area contributed by atoms with Gasteiger partial charge in [-0.25, -0.2) is 0 Å². The van der Waals surface area contributed by atoms with E-state index in [1.165, 1.54) is 0 Å². The second-order valence-electron chi connectivity index (χ2n) is 4.72. The molecule has 1 aromatic rings. The molecule has 1 aromatic carbocycles. The summed E-state index contributed by atoms with van der Waals surface area (Å²) in [5.74, 6) is 0.451. The van der Waals surface area contributed by atoms with Crippen LogP contribution in [0.15, 0.2) is 24.3 Å². The largest absolute Gasteiger partial charge is 0.399 e. The minimum Gasteiger partial charge on any atom is -0.399 e. The molecule has 1 aliphatic carbocycles. The van der Waals surface area contributed by atoms with E-state index in [2.05, 4.69) is 5.32 Å². The van der Waals surface area contributed by atoms with Gasteiger partial charge in [0.25, 0.3) is 0 Å². The van der Waals surface area contributed by atoms with Gasteiger partial charge in [-0.3, -0.25) is 4.79 Å². The van der Waals surface area contributed by atoms with Crippen LogP contribution in [0, 0.1) is 5.92 Å². The van der Waals surface area contributed by atoms with Crippen LogP contribution in [0.2, 0.25) is 0 Å². The topological polar surface area (TPSA) is 75.4 Å². The first-order chi connectivity index (χ1) is 8.13. The normalized spacial score (nSPS) is 22.9. The fourth-order valence-electron chi connectivity index (χ4n) is 2.08. The summed E-state index contributed by atoms with van der Waals surface area (Å²) in [7, 11) is 0. The second kappa shape index (κ2) is 5.19. The van der Waals surface area contributed by atoms with E-state index in [0.717, 1.165) is 18.4 Å². The molecule has 0 bridgehead atoms. The molecule has 1 aliphatic rings. The number of anilines is 1. The molecule has 92 valence electrons. The number of nitrogen functional groups attached to an aromatic ring is 1. The van der Waals surface area contributed by atoms with Crippen molar-refractivity contribution in [3.8, 4) is 0 Å². The van der Waals surface area contributed by atoms with Crippen LogP contribution in [-0.2, 0) is 11.2 Å². The van der Waals surface area contributed by atoms with Gasteiger partial charge in [0, 0.05) is 12.2 Å². The molecule has 2 rings (SSSR count). The van der Waals surface area contributed by atoms with Crippen molar-refractivity contribution in [1.29, 1.82) is 0 Å². The minimum absolute atomic E-state index is 0.0111. The zero-order valence-electron chi connectivity index (χ0n) is 9.73. The lowest BCUT2D eigenvalue weighted by Gasteiger charge is -2.31. The molecule has 0 atom stereocenters. The molecule has 0 aliphatic heterocycles. The van der Waals surface area contributed by atoms with E-state index in [0.29, 0.717) is 24.6 Å². The van der Waals surface area contributed by atoms with Crippen LogP contribution in [0.4, 0.5) is 5.69 Å². The standard InChI is InChI=1S/C13H18N2O2/c14-11-3-1-2-9(4-11)7-13(17)15-8-10-5-12(16)6-10/h1-4,10,12,16H,5-8,14H2,(H,15,17). The van der Waals surface area contributed by atoms with Crippen molar-refractivity contribution >= 4 is 11.6 Å². The number of aliphatic hydroxyl groups is 1. The first kappa shape index (κ1) is 11.9. The molecular formula is C13H18N2O2. The maximum absolute atomic E-state index is 11.6. The fraction of sp³-hybridized carbons (Fsp3) is 0.462. The molecule has 4 nitrogen and oxygen atoms in total. The Morgan fingerprint density at radius 1 is 1.47 bits per heavy atom. The summed E-state index contributed by atoms with van der Waals surface area (Å²) in [4.78, 5) is 11.6. The quantitative estimate of drug-likeness (QED) is 0.671. The van der Waals surface area contributed by atoms with E-state index in [1.54, 1.807) is 6.07 Å². The summed E-state index contributed by atoms with van der Waals surface area (Å²) >= 11 is 0. The summed E-state index contributed by atoms with van der Waals surface area (Å²) < 4.78 is 0. The minimum atomic E-state index is -0.161. The van der Waals surface area contributed by atoms with Crippen LogP contribution in [0.5, 0.6) is 0 Å². The zero-order chi connectivity index (χ0) is 12.3. The highest BCUT2D eigenvalue weighted by atomic mass is 16.3. The van der Waals surface area contributed by atoms with Crippen LogP contribution >= 0.6 is 0 Å². The molecule has 0 spiro atoms. The van der Waals surface area contributed by atoms with E-state index in [1.807, 2.05) is 18.2 Å². The molecule has 0 aromatic heterocycles. The highest BCUT2D eigenvalue weighted by Crippen LogP contribution is 2.26. The molecule has 1 fully saturated rings. The molecule has 0 unspecified atom stereocenters. The molecule has 17 heavy (non-hydrogen) atoms. The lowest BCUT2D eigenvalue weighted by Crippen LogP contribution is -2.38. The smallest absolute Gasteiger partial charge is 0.224 e. The number of nitrogens with two attached hydrogens (primary N) is 1. The number of aliphatic hydroxyl groups excluding tert-OH is 1. The molecule has 0 saturated heterocycles. The van der Waals surface area contributed by atoms with Crippen LogP contribution in [-0.4, -0.2) is 23.7 Å². The van der Waals surface area contributed by atoms with E-state index >= 15 is 0 Å². The maximum Gasteiger partial charge on any atom is 0.224 e. The van der Waals surface area contributed by atoms with Crippen molar-refractivity contribution in [2.45, 2.75) is 25.4 Å². The number of nitrogens with one attached hydrogen (secondary N) is 1. The first-order valence-electron chi connectivity index (χ1n) is 5.92. The molecular weight excluding hydrogens is 216 g/mol. The Hall–Kier alpha value is -1.55. The third-order valence-electron chi connectivity index (χ3n) is 3.11. The Kier molecular flexibility index (Phi) is 3.64. The van der Waals surface area contributed by atoms with Gasteiger partial charge in [0.05, 0.1) is 12.5 Å². The highest BCUT2D eigenvalue weighted by molar-refractivity contribution is 5.78. The zero-order valence-corrected chi connectivity index (χ0v) is 9.73. The van der Waals surface area contributed by atoms with Gasteiger partial charge in [-0.2, -0.15) is 0 Å². The molecule has 4 heteroatoms. The Labute approximate surface area is 101 Å². The second-order valence-corrected chi connectivity index (χ2v) is 4.72. The van der Waals surface area contributed by atoms with Crippen molar-refractivity contribution in [2.75, 3.05) is 12.3 Å². The summed E-state index contributed by atoms with van der Waals surface area (Å²) in [6, 6.07) is 7.35. The Bertz CT molecular complexity index is 400. The lowest BCUT2D eigenvalue weighted by molar-refractivity contribution is -0.121. The Morgan fingerprint density at radius 2 is 2.24 bits per heavy atom. The predicted molar refractivity (Wildman–Crippen MR) is 66.3 cm³/mol. The molecule has 4 N–H and O–H groups in total. The Balaban J connectivity index is 1.73. The van der Waals surface area contributed by atoms with Crippen LogP contribution in [0.25, 0.3) is 0 Å². The van der Waals surface area contributed by atoms with Crippen molar-refractivity contribution in [3.05, 3.63) is 29.8 Å². The number of benzene rings is 1. The van der Waals surface area contributed by atoms with E-state index < -0.39 is 0 Å². The van der Waals surface area contributed by atoms with E-state index in [9.17, 15) is 4.79 Å². The summed E-state index contributed by atoms with van der Waals surface area (Å²) in [5.41, 5.74) is 7.25. The molecule has 1 amide bonds. The van der Waals surface area contributed by atoms with Crippen LogP contribution < -0.4 is 11.1 Å². The van der Waals surface area contributed by atoms with Gasteiger partial charge in [-0.15, -0.1) is 0 Å². The predicted octanol–water partition coefficient (Wildman–Crippen LogP) is 0.698. The van der Waals surface area contributed by atoms with Crippen molar-refractivity contribution in [3.63, 3.8) is 0 Å². The third-order valence-corrected chi connectivity index (χ3v) is 3.11. The maximum atomic E-state index is 11.6. The van der Waals surface area contributed by atoms with Gasteiger partial charge in [-0.05, 0) is 36.5 Å². The first-order valence-corrected chi connectivity index (χ1v) is 5.92. The van der Waals surface area contributed by atoms with E-state index in [4.69, 9.17) is 10.8 Å². The number of hydrogen-bond acceptors (Lipinski definition) is 3. The van der Waals surface area contributed by atoms with Crippen molar-refractivity contribution in [2.24, 2.45) is 5.92 Å². The van der Waals surface area contributed by atoms with Gasteiger partial charge >= 0.3 is 0 Å². The SMILES string of the molecule is Nc1cccc(CC(=O)NCC2CC(O)C2)c1. The van der Waals surface area contributed by atoms with Crippen LogP contribution in [0.1, 0.15) is 18.4 Å². The number of carbonyl (C=O) groups is 1. The van der Waals surface area contributed by atoms with Gasteiger partial charge in [0.15, 0.2) is 0 Å². The number of hydrogen-bond donors (Lipinski definition) is 3. The number of amides is 1. The molecule has 0 radical (unpaired) electrons. The molecule has 1 saturated carbocycles. The number of carbonyl (C=O) groups excluding carboxylic acids is 1. The lowest BCUT2D eigenvalue weighted by atomic mass is 9.82. The summed E-state index contributed by atoms with van der Waals surface area (Å²) in [6.45, 7) is 0.665. The fourth-order valence-corrected chi connectivity index (χ4v) is 2.08. The van der Waals surface area contributed by atoms with Gasteiger partial charge in [0.1, 0.15) is 0 Å². The van der Waals surface area contributed by atoms with Gasteiger partial charge in [0.2, 0.25) is 5.91 Å². The van der Waals surface area contributed by atoms with Crippen molar-refractivity contribution < 1.29 is 9.90 Å². The summed E-state index contributed by atoms with van der Waals surface area (Å²) in [6.07, 6.45) is 1.81. The highest BCUT2D eigenvalue weighted by Gasteiger charge is 2.26. The van der Waals surface area contributed by atoms with E-state index in [-0.39, 0.29) is 12.0 Å². The number of rotatable bonds is 4. The monoisotopic (exact) mass is 234 g/mol. The Morgan fingerprint density at radius 3 is 2.88 bits per heavy atom. The van der Waals surface area contributed by atoms with Crippen LogP contribution in [0.3, 0.4) is 0 Å². The average molecular weight is 234 g/mol.